The number of carbonyl (C=O) groups excluding carboxylic acids is 1. The van der Waals surface area contributed by atoms with Crippen molar-refractivity contribution in [2.45, 2.75) is 25.3 Å². The van der Waals surface area contributed by atoms with E-state index in [9.17, 15) is 13.6 Å². The van der Waals surface area contributed by atoms with Crippen LogP contribution in [0.4, 0.5) is 19.3 Å². The summed E-state index contributed by atoms with van der Waals surface area (Å²) in [6.07, 6.45) is 8.65. The fraction of sp³-hybridized carbons (Fsp3) is 0.429. The number of hydrogen-bond donors (Lipinski definition) is 2. The summed E-state index contributed by atoms with van der Waals surface area (Å²) in [5.41, 5.74) is 0.137. The van der Waals surface area contributed by atoms with Crippen LogP contribution in [0.25, 0.3) is 0 Å². The van der Waals surface area contributed by atoms with Crippen LogP contribution in [-0.4, -0.2) is 17.1 Å². The summed E-state index contributed by atoms with van der Waals surface area (Å²) in [6, 6.07) is 0.607. The van der Waals surface area contributed by atoms with Gasteiger partial charge in [0.25, 0.3) is 0 Å². The number of aromatic nitrogens is 1. The normalized spacial score (nSPS) is 27.4. The van der Waals surface area contributed by atoms with Crippen LogP contribution in [0, 0.1) is 23.6 Å². The molecule has 0 aromatic carbocycles. The summed E-state index contributed by atoms with van der Waals surface area (Å²) in [7, 11) is 0. The van der Waals surface area contributed by atoms with E-state index in [4.69, 9.17) is 0 Å². The van der Waals surface area contributed by atoms with Crippen molar-refractivity contribution in [1.82, 2.24) is 10.3 Å². The largest absolute Gasteiger partial charge is 0.335 e. The van der Waals surface area contributed by atoms with Gasteiger partial charge in [0.05, 0.1) is 11.9 Å². The van der Waals surface area contributed by atoms with Crippen molar-refractivity contribution in [3.63, 3.8) is 0 Å². The molecule has 3 atom stereocenters. The van der Waals surface area contributed by atoms with E-state index < -0.39 is 17.8 Å². The Morgan fingerprint density at radius 1 is 1.30 bits per heavy atom. The third-order valence-electron chi connectivity index (χ3n) is 3.95. The summed E-state index contributed by atoms with van der Waals surface area (Å²) >= 11 is 0. The van der Waals surface area contributed by atoms with Crippen molar-refractivity contribution >= 4 is 11.7 Å². The number of allylic oxidation sites excluding steroid dienone is 1. The molecule has 2 N–H and O–H groups in total. The van der Waals surface area contributed by atoms with Crippen molar-refractivity contribution in [3.8, 4) is 0 Å². The van der Waals surface area contributed by atoms with Crippen LogP contribution in [0.15, 0.2) is 24.4 Å². The molecule has 3 aliphatic rings. The summed E-state index contributed by atoms with van der Waals surface area (Å²) in [5.74, 6) is -1.35. The Morgan fingerprint density at radius 3 is 2.75 bits per heavy atom. The fourth-order valence-corrected chi connectivity index (χ4v) is 2.92. The van der Waals surface area contributed by atoms with Gasteiger partial charge in [0.15, 0.2) is 5.82 Å². The summed E-state index contributed by atoms with van der Waals surface area (Å²) in [5, 5.41) is 5.36. The second-order valence-corrected chi connectivity index (χ2v) is 5.32. The maximum atomic E-state index is 13.0. The quantitative estimate of drug-likeness (QED) is 0.646. The highest BCUT2D eigenvalue weighted by Crippen LogP contribution is 2.36. The van der Waals surface area contributed by atoms with Gasteiger partial charge < -0.3 is 10.6 Å². The van der Waals surface area contributed by atoms with Crippen LogP contribution in [0.1, 0.15) is 19.3 Å². The molecule has 6 heteroatoms. The summed E-state index contributed by atoms with van der Waals surface area (Å²) < 4.78 is 25.7. The first-order chi connectivity index (χ1) is 9.61. The van der Waals surface area contributed by atoms with Gasteiger partial charge in [0.1, 0.15) is 0 Å². The molecule has 1 aromatic rings. The average molecular weight is 279 g/mol. The number of nitrogens with zero attached hydrogens (tertiary/aromatic N) is 1. The van der Waals surface area contributed by atoms with Gasteiger partial charge in [-0.25, -0.2) is 14.2 Å². The first-order valence-electron chi connectivity index (χ1n) is 6.68. The monoisotopic (exact) mass is 279 g/mol. The molecule has 2 amide bonds. The molecule has 0 aliphatic heterocycles. The number of amides is 2. The van der Waals surface area contributed by atoms with Crippen molar-refractivity contribution in [1.29, 1.82) is 0 Å². The number of hydrogen-bond acceptors (Lipinski definition) is 2. The minimum atomic E-state index is -1.18. The zero-order valence-corrected chi connectivity index (χ0v) is 10.8. The Hall–Kier alpha value is -1.98. The van der Waals surface area contributed by atoms with Gasteiger partial charge in [-0.15, -0.1) is 0 Å². The second kappa shape index (κ2) is 5.19. The Labute approximate surface area is 115 Å². The van der Waals surface area contributed by atoms with Crippen LogP contribution in [-0.2, 0) is 0 Å². The molecule has 1 saturated carbocycles. The van der Waals surface area contributed by atoms with Crippen LogP contribution in [0.3, 0.4) is 0 Å². The van der Waals surface area contributed by atoms with E-state index in [-0.39, 0.29) is 11.7 Å². The number of anilines is 1. The highest BCUT2D eigenvalue weighted by atomic mass is 19.2. The Morgan fingerprint density at radius 2 is 2.15 bits per heavy atom. The van der Waals surface area contributed by atoms with Crippen LogP contribution < -0.4 is 10.6 Å². The van der Waals surface area contributed by atoms with Crippen LogP contribution in [0.2, 0.25) is 0 Å². The van der Waals surface area contributed by atoms with Crippen molar-refractivity contribution < 1.29 is 13.6 Å². The van der Waals surface area contributed by atoms with Crippen LogP contribution in [0.5, 0.6) is 0 Å². The molecule has 4 nitrogen and oxygen atoms in total. The first kappa shape index (κ1) is 13.0. The number of urea groups is 1. The van der Waals surface area contributed by atoms with Crippen LogP contribution >= 0.6 is 0 Å². The average Bonchev–Trinajstić information content (AvgIpc) is 2.44. The van der Waals surface area contributed by atoms with E-state index in [0.717, 1.165) is 25.1 Å². The summed E-state index contributed by atoms with van der Waals surface area (Å²) in [4.78, 5) is 15.1. The zero-order valence-electron chi connectivity index (χ0n) is 10.8. The molecular formula is C14H15F2N3O. The van der Waals surface area contributed by atoms with Crippen molar-refractivity contribution in [3.05, 3.63) is 36.2 Å². The third kappa shape index (κ3) is 2.64. The van der Waals surface area contributed by atoms with Gasteiger partial charge in [0, 0.05) is 12.1 Å². The van der Waals surface area contributed by atoms with Gasteiger partial charge >= 0.3 is 6.03 Å². The molecule has 1 fully saturated rings. The zero-order chi connectivity index (χ0) is 14.1. The Kier molecular flexibility index (Phi) is 3.38. The first-order valence-corrected chi connectivity index (χ1v) is 6.68. The number of halogens is 2. The lowest BCUT2D eigenvalue weighted by atomic mass is 9.73. The van der Waals surface area contributed by atoms with Gasteiger partial charge in [-0.1, -0.05) is 12.2 Å². The van der Waals surface area contributed by atoms with Crippen molar-refractivity contribution in [2.24, 2.45) is 11.8 Å². The number of fused-ring (bicyclic) bond motifs is 2. The molecule has 1 heterocycles. The van der Waals surface area contributed by atoms with E-state index in [1.807, 2.05) is 0 Å². The molecule has 1 aromatic heterocycles. The van der Waals surface area contributed by atoms with E-state index in [1.54, 1.807) is 0 Å². The minimum absolute atomic E-state index is 0.108. The number of pyridine rings is 1. The fourth-order valence-electron chi connectivity index (χ4n) is 2.92. The molecule has 0 spiro atoms. The Bertz CT molecular complexity index is 561. The highest BCUT2D eigenvalue weighted by Gasteiger charge is 2.32. The molecule has 3 unspecified atom stereocenters. The Balaban J connectivity index is 1.60. The number of nitrogens with one attached hydrogen (secondary N) is 2. The predicted molar refractivity (Wildman–Crippen MR) is 70.1 cm³/mol. The van der Waals surface area contributed by atoms with Gasteiger partial charge in [-0.3, -0.25) is 0 Å². The van der Waals surface area contributed by atoms with E-state index in [2.05, 4.69) is 27.8 Å². The SMILES string of the molecule is O=C(Nc1cnc(F)c(F)c1)NC1CC2C=CC1CC2. The molecule has 20 heavy (non-hydrogen) atoms. The topological polar surface area (TPSA) is 54.0 Å². The lowest BCUT2D eigenvalue weighted by Crippen LogP contribution is -2.46. The lowest BCUT2D eigenvalue weighted by molar-refractivity contribution is 0.222. The van der Waals surface area contributed by atoms with E-state index in [0.29, 0.717) is 11.8 Å². The number of carbonyl (C=O) groups is 1. The molecule has 2 bridgehead atoms. The van der Waals surface area contributed by atoms with Gasteiger partial charge in [-0.05, 0) is 31.1 Å². The van der Waals surface area contributed by atoms with Gasteiger partial charge in [0.2, 0.25) is 5.95 Å². The molecule has 4 rings (SSSR count). The smallest absolute Gasteiger partial charge is 0.319 e. The summed E-state index contributed by atoms with van der Waals surface area (Å²) in [6.45, 7) is 0. The maximum Gasteiger partial charge on any atom is 0.319 e. The van der Waals surface area contributed by atoms with Gasteiger partial charge in [-0.2, -0.15) is 4.39 Å². The standard InChI is InChI=1S/C14H15F2N3O/c15-11-6-10(7-17-13(11)16)18-14(20)19-12-5-8-1-3-9(12)4-2-8/h1,3,6-9,12H,2,4-5H2,(H2,18,19,20). The molecule has 0 saturated heterocycles. The maximum absolute atomic E-state index is 13.0. The predicted octanol–water partition coefficient (Wildman–Crippen LogP) is 2.84. The van der Waals surface area contributed by atoms with E-state index >= 15 is 0 Å². The molecule has 0 radical (unpaired) electrons. The third-order valence-corrected chi connectivity index (χ3v) is 3.95. The lowest BCUT2D eigenvalue weighted by Gasteiger charge is -2.38. The number of rotatable bonds is 2. The minimum Gasteiger partial charge on any atom is -0.335 e. The highest BCUT2D eigenvalue weighted by molar-refractivity contribution is 5.89. The molecule has 106 valence electrons. The van der Waals surface area contributed by atoms with E-state index in [1.165, 1.54) is 6.42 Å². The van der Waals surface area contributed by atoms with Crippen molar-refractivity contribution in [2.75, 3.05) is 5.32 Å². The molecular weight excluding hydrogens is 264 g/mol. The molecule has 3 aliphatic carbocycles. The second-order valence-electron chi connectivity index (χ2n) is 5.32.